The Bertz CT molecular complexity index is 973. The predicted molar refractivity (Wildman–Crippen MR) is 121 cm³/mol. The summed E-state index contributed by atoms with van der Waals surface area (Å²) in [6.45, 7) is 5.06. The van der Waals surface area contributed by atoms with Gasteiger partial charge in [-0.3, -0.25) is 19.3 Å². The number of benzene rings is 1. The third-order valence-corrected chi connectivity index (χ3v) is 7.46. The Morgan fingerprint density at radius 2 is 1.94 bits per heavy atom. The number of nitrogens with zero attached hydrogens (tertiary/aromatic N) is 3. The van der Waals surface area contributed by atoms with Crippen LogP contribution in [0.25, 0.3) is 0 Å². The Kier molecular flexibility index (Phi) is 6.41. The molecule has 0 aromatic heterocycles. The SMILES string of the molecule is C[C@H]1CC1CC(C#N)NC(=O)[C@@H](N)CN1C[C@@H]2C[C@H]1C(=O)N2[C@@H](C)c1ccc(C(N)=O)cc1. The van der Waals surface area contributed by atoms with E-state index in [2.05, 4.69) is 18.3 Å². The first kappa shape index (κ1) is 23.2. The number of hydrogen-bond donors (Lipinski definition) is 3. The van der Waals surface area contributed by atoms with Crippen molar-refractivity contribution >= 4 is 17.7 Å². The summed E-state index contributed by atoms with van der Waals surface area (Å²) in [5.41, 5.74) is 12.8. The number of amides is 3. The van der Waals surface area contributed by atoms with E-state index >= 15 is 0 Å². The lowest BCUT2D eigenvalue weighted by Crippen LogP contribution is -2.56. The van der Waals surface area contributed by atoms with Crippen molar-refractivity contribution < 1.29 is 14.4 Å². The first-order valence-electron chi connectivity index (χ1n) is 11.6. The normalized spacial score (nSPS) is 28.8. The van der Waals surface area contributed by atoms with Gasteiger partial charge in [0.15, 0.2) is 0 Å². The number of hydrogen-bond acceptors (Lipinski definition) is 6. The monoisotopic (exact) mass is 452 g/mol. The fraction of sp³-hybridized carbons (Fsp3) is 0.583. The van der Waals surface area contributed by atoms with Crippen LogP contribution in [0.2, 0.25) is 0 Å². The van der Waals surface area contributed by atoms with E-state index in [1.807, 2.05) is 28.9 Å². The van der Waals surface area contributed by atoms with E-state index in [9.17, 15) is 19.6 Å². The highest BCUT2D eigenvalue weighted by atomic mass is 16.2. The number of nitrogens with one attached hydrogen (secondary N) is 1. The molecule has 5 N–H and O–H groups in total. The van der Waals surface area contributed by atoms with E-state index in [-0.39, 0.29) is 36.5 Å². The fourth-order valence-electron chi connectivity index (χ4n) is 5.27. The summed E-state index contributed by atoms with van der Waals surface area (Å²) < 4.78 is 0. The number of carbonyl (C=O) groups is 3. The van der Waals surface area contributed by atoms with Gasteiger partial charge in [-0.15, -0.1) is 0 Å². The molecule has 2 bridgehead atoms. The van der Waals surface area contributed by atoms with E-state index < -0.39 is 18.0 Å². The van der Waals surface area contributed by atoms with Gasteiger partial charge in [0.1, 0.15) is 6.04 Å². The standard InChI is InChI=1S/C24H32N6O3/c1-13-7-17(13)8-18(10-25)28-23(32)20(26)12-29-11-19-9-21(29)24(33)30(19)14(2)15-3-5-16(6-4-15)22(27)31/h3-6,13-14,17-21H,7-9,11-12,26H2,1-2H3,(H2,27,31)(H,28,32)/t13-,14-,17?,18?,19-,20-,21-/m0/s1. The molecular formula is C24H32N6O3. The maximum atomic E-state index is 13.1. The van der Waals surface area contributed by atoms with Gasteiger partial charge in [0.25, 0.3) is 0 Å². The number of primary amides is 1. The molecule has 3 fully saturated rings. The number of nitriles is 1. The van der Waals surface area contributed by atoms with Crippen LogP contribution in [0.1, 0.15) is 55.1 Å². The summed E-state index contributed by atoms with van der Waals surface area (Å²) in [5, 5.41) is 12.1. The highest BCUT2D eigenvalue weighted by molar-refractivity contribution is 5.92. The van der Waals surface area contributed by atoms with Crippen molar-refractivity contribution in [2.75, 3.05) is 13.1 Å². The number of nitrogens with two attached hydrogens (primary N) is 2. The van der Waals surface area contributed by atoms with E-state index in [0.717, 1.165) is 12.0 Å². The largest absolute Gasteiger partial charge is 0.366 e. The number of likely N-dealkylation sites (tertiary alicyclic amines) is 2. The lowest BCUT2D eigenvalue weighted by atomic mass is 10.0. The lowest BCUT2D eigenvalue weighted by molar-refractivity contribution is -0.139. The summed E-state index contributed by atoms with van der Waals surface area (Å²) in [4.78, 5) is 40.9. The molecule has 1 aliphatic carbocycles. The van der Waals surface area contributed by atoms with Crippen LogP contribution in [-0.4, -0.2) is 64.8 Å². The van der Waals surface area contributed by atoms with E-state index in [1.165, 1.54) is 0 Å². The highest BCUT2D eigenvalue weighted by Gasteiger charge is 2.51. The lowest BCUT2D eigenvalue weighted by Gasteiger charge is -2.38. The molecule has 0 radical (unpaired) electrons. The molecule has 2 saturated heterocycles. The third-order valence-electron chi connectivity index (χ3n) is 7.46. The molecule has 2 unspecified atom stereocenters. The summed E-state index contributed by atoms with van der Waals surface area (Å²) in [6, 6.07) is 7.49. The fourth-order valence-corrected chi connectivity index (χ4v) is 5.27. The quantitative estimate of drug-likeness (QED) is 0.498. The van der Waals surface area contributed by atoms with Crippen molar-refractivity contribution in [3.05, 3.63) is 35.4 Å². The van der Waals surface area contributed by atoms with E-state index in [1.54, 1.807) is 12.1 Å². The average Bonchev–Trinajstić information content (AvgIpc) is 3.18. The van der Waals surface area contributed by atoms with Crippen LogP contribution in [-0.2, 0) is 9.59 Å². The molecule has 3 aliphatic rings. The van der Waals surface area contributed by atoms with Crippen molar-refractivity contribution in [1.82, 2.24) is 15.1 Å². The first-order valence-corrected chi connectivity index (χ1v) is 11.6. The molecule has 4 rings (SSSR count). The molecule has 1 aromatic rings. The van der Waals surface area contributed by atoms with Gasteiger partial charge in [-0.2, -0.15) is 5.26 Å². The van der Waals surface area contributed by atoms with E-state index in [0.29, 0.717) is 36.8 Å². The number of fused-ring (bicyclic) bond motifs is 2. The maximum absolute atomic E-state index is 13.1. The Labute approximate surface area is 194 Å². The molecule has 2 aliphatic heterocycles. The molecule has 1 aromatic carbocycles. The van der Waals surface area contributed by atoms with Crippen LogP contribution in [0.4, 0.5) is 0 Å². The Morgan fingerprint density at radius 1 is 1.27 bits per heavy atom. The molecular weight excluding hydrogens is 420 g/mol. The molecule has 9 heteroatoms. The van der Waals surface area contributed by atoms with Crippen molar-refractivity contribution in [2.24, 2.45) is 23.3 Å². The summed E-state index contributed by atoms with van der Waals surface area (Å²) in [5.74, 6) is 0.319. The van der Waals surface area contributed by atoms with Crippen molar-refractivity contribution in [2.45, 2.75) is 63.3 Å². The second kappa shape index (κ2) is 9.12. The minimum atomic E-state index is -0.795. The zero-order valence-electron chi connectivity index (χ0n) is 19.1. The van der Waals surface area contributed by atoms with Crippen LogP contribution in [0.15, 0.2) is 24.3 Å². The minimum absolute atomic E-state index is 0.0305. The van der Waals surface area contributed by atoms with Crippen molar-refractivity contribution in [3.8, 4) is 6.07 Å². The van der Waals surface area contributed by atoms with Crippen LogP contribution in [0, 0.1) is 23.2 Å². The second-order valence-corrected chi connectivity index (χ2v) is 9.77. The third kappa shape index (κ3) is 4.72. The average molecular weight is 453 g/mol. The second-order valence-electron chi connectivity index (χ2n) is 9.77. The van der Waals surface area contributed by atoms with Gasteiger partial charge in [0.05, 0.1) is 24.2 Å². The van der Waals surface area contributed by atoms with Gasteiger partial charge < -0.3 is 21.7 Å². The Morgan fingerprint density at radius 3 is 2.48 bits per heavy atom. The minimum Gasteiger partial charge on any atom is -0.366 e. The molecule has 33 heavy (non-hydrogen) atoms. The smallest absolute Gasteiger partial charge is 0.248 e. The van der Waals surface area contributed by atoms with Crippen LogP contribution in [0.3, 0.4) is 0 Å². The van der Waals surface area contributed by atoms with Crippen LogP contribution < -0.4 is 16.8 Å². The van der Waals surface area contributed by atoms with Gasteiger partial charge in [0, 0.05) is 24.7 Å². The maximum Gasteiger partial charge on any atom is 0.248 e. The summed E-state index contributed by atoms with van der Waals surface area (Å²) >= 11 is 0. The van der Waals surface area contributed by atoms with Gasteiger partial charge in [-0.1, -0.05) is 19.1 Å². The Hall–Kier alpha value is -2.96. The van der Waals surface area contributed by atoms with Gasteiger partial charge in [-0.25, -0.2) is 0 Å². The first-order chi connectivity index (χ1) is 15.7. The molecule has 7 atom stereocenters. The Balaban J connectivity index is 1.32. The zero-order chi connectivity index (χ0) is 23.9. The van der Waals surface area contributed by atoms with Crippen LogP contribution in [0.5, 0.6) is 0 Å². The highest BCUT2D eigenvalue weighted by Crippen LogP contribution is 2.41. The number of piperazine rings is 1. The van der Waals surface area contributed by atoms with Crippen LogP contribution >= 0.6 is 0 Å². The van der Waals surface area contributed by atoms with Gasteiger partial charge in [0.2, 0.25) is 17.7 Å². The van der Waals surface area contributed by atoms with Crippen molar-refractivity contribution in [3.63, 3.8) is 0 Å². The summed E-state index contributed by atoms with van der Waals surface area (Å²) in [7, 11) is 0. The van der Waals surface area contributed by atoms with Crippen molar-refractivity contribution in [1.29, 1.82) is 5.26 Å². The van der Waals surface area contributed by atoms with E-state index in [4.69, 9.17) is 11.5 Å². The zero-order valence-corrected chi connectivity index (χ0v) is 19.1. The molecule has 3 amide bonds. The molecule has 2 heterocycles. The molecule has 176 valence electrons. The summed E-state index contributed by atoms with van der Waals surface area (Å²) in [6.07, 6.45) is 2.47. The predicted octanol–water partition coefficient (Wildman–Crippen LogP) is 0.513. The van der Waals surface area contributed by atoms with Gasteiger partial charge in [-0.05, 0) is 55.7 Å². The molecule has 9 nitrogen and oxygen atoms in total. The topological polar surface area (TPSA) is 146 Å². The number of rotatable bonds is 9. The molecule has 0 spiro atoms. The number of carbonyl (C=O) groups excluding carboxylic acids is 3. The molecule has 1 saturated carbocycles. The van der Waals surface area contributed by atoms with Gasteiger partial charge >= 0.3 is 0 Å².